The van der Waals surface area contributed by atoms with Crippen molar-refractivity contribution in [2.75, 3.05) is 18.0 Å². The number of fused-ring (bicyclic) bond motifs is 2. The van der Waals surface area contributed by atoms with Crippen LogP contribution in [0.4, 0.5) is 9.52 Å². The Morgan fingerprint density at radius 2 is 1.85 bits per heavy atom. The molecule has 166 valence electrons. The maximum atomic E-state index is 13.7. The maximum Gasteiger partial charge on any atom is 0.262 e. The largest absolute Gasteiger partial charge is 0.337 e. The Kier molecular flexibility index (Phi) is 5.43. The first-order valence-corrected chi connectivity index (χ1v) is 11.1. The van der Waals surface area contributed by atoms with Crippen LogP contribution in [0.25, 0.3) is 10.2 Å². The maximum absolute atomic E-state index is 13.7. The number of imide groups is 1. The van der Waals surface area contributed by atoms with Crippen LogP contribution in [0, 0.1) is 5.82 Å². The van der Waals surface area contributed by atoms with Crippen LogP contribution in [0.2, 0.25) is 0 Å². The molecule has 8 nitrogen and oxygen atoms in total. The predicted molar refractivity (Wildman–Crippen MR) is 121 cm³/mol. The third-order valence-electron chi connectivity index (χ3n) is 5.40. The SMILES string of the molecule is O=C1c2ccccc2C(=O)N1CC(=O)N(CCCn1ccnc1)c1nc2ccc(F)cc2s1. The average molecular weight is 463 g/mol. The van der Waals surface area contributed by atoms with Crippen molar-refractivity contribution in [3.63, 3.8) is 0 Å². The van der Waals surface area contributed by atoms with E-state index in [1.54, 1.807) is 42.9 Å². The number of thiazole rings is 1. The summed E-state index contributed by atoms with van der Waals surface area (Å²) in [6.45, 7) is 0.528. The van der Waals surface area contributed by atoms with Gasteiger partial charge in [-0.25, -0.2) is 14.4 Å². The lowest BCUT2D eigenvalue weighted by atomic mass is 10.1. The van der Waals surface area contributed by atoms with Crippen LogP contribution in [0.1, 0.15) is 27.1 Å². The topological polar surface area (TPSA) is 88.4 Å². The normalized spacial score (nSPS) is 13.1. The minimum absolute atomic E-state index is 0.289. The summed E-state index contributed by atoms with van der Waals surface area (Å²) >= 11 is 1.19. The molecule has 0 aliphatic carbocycles. The Morgan fingerprint density at radius 3 is 2.55 bits per heavy atom. The van der Waals surface area contributed by atoms with E-state index in [1.807, 2.05) is 10.8 Å². The fourth-order valence-corrected chi connectivity index (χ4v) is 4.80. The molecule has 3 amide bonds. The highest BCUT2D eigenvalue weighted by Gasteiger charge is 2.37. The zero-order valence-electron chi connectivity index (χ0n) is 17.3. The average Bonchev–Trinajstić information content (AvgIpc) is 3.53. The smallest absolute Gasteiger partial charge is 0.262 e. The molecular weight excluding hydrogens is 445 g/mol. The zero-order valence-corrected chi connectivity index (χ0v) is 18.2. The molecule has 0 radical (unpaired) electrons. The molecule has 4 aromatic rings. The third-order valence-corrected chi connectivity index (χ3v) is 6.44. The molecule has 33 heavy (non-hydrogen) atoms. The number of aryl methyl sites for hydroxylation is 1. The van der Waals surface area contributed by atoms with Crippen LogP contribution in [-0.2, 0) is 11.3 Å². The zero-order chi connectivity index (χ0) is 22.9. The van der Waals surface area contributed by atoms with Gasteiger partial charge in [-0.05, 0) is 36.8 Å². The lowest BCUT2D eigenvalue weighted by Gasteiger charge is -2.22. The van der Waals surface area contributed by atoms with E-state index in [0.717, 1.165) is 4.90 Å². The van der Waals surface area contributed by atoms with Crippen LogP contribution in [0.3, 0.4) is 0 Å². The number of benzene rings is 2. The van der Waals surface area contributed by atoms with Crippen molar-refractivity contribution < 1.29 is 18.8 Å². The van der Waals surface area contributed by atoms with Gasteiger partial charge in [0.15, 0.2) is 5.13 Å². The molecule has 3 heterocycles. The van der Waals surface area contributed by atoms with E-state index in [0.29, 0.717) is 34.9 Å². The van der Waals surface area contributed by atoms with E-state index in [2.05, 4.69) is 9.97 Å². The third kappa shape index (κ3) is 4.00. The van der Waals surface area contributed by atoms with Crippen molar-refractivity contribution >= 4 is 44.4 Å². The number of hydrogen-bond donors (Lipinski definition) is 0. The molecule has 0 bridgehead atoms. The molecule has 2 aromatic heterocycles. The molecule has 1 aliphatic rings. The Balaban J connectivity index is 1.40. The number of nitrogens with zero attached hydrogens (tertiary/aromatic N) is 5. The van der Waals surface area contributed by atoms with Gasteiger partial charge in [-0.15, -0.1) is 0 Å². The molecule has 0 fully saturated rings. The molecule has 10 heteroatoms. The van der Waals surface area contributed by atoms with E-state index in [4.69, 9.17) is 0 Å². The summed E-state index contributed by atoms with van der Waals surface area (Å²) in [5.74, 6) is -1.81. The van der Waals surface area contributed by atoms with Crippen LogP contribution >= 0.6 is 11.3 Å². The van der Waals surface area contributed by atoms with Crippen LogP contribution in [0.15, 0.2) is 61.2 Å². The molecule has 0 spiro atoms. The molecule has 0 saturated carbocycles. The van der Waals surface area contributed by atoms with Crippen LogP contribution < -0.4 is 4.90 Å². The summed E-state index contributed by atoms with van der Waals surface area (Å²) in [6, 6.07) is 10.7. The van der Waals surface area contributed by atoms with Crippen LogP contribution in [-0.4, -0.2) is 50.2 Å². The van der Waals surface area contributed by atoms with Crippen molar-refractivity contribution in [1.82, 2.24) is 19.4 Å². The highest BCUT2D eigenvalue weighted by Crippen LogP contribution is 2.30. The van der Waals surface area contributed by atoms with E-state index < -0.39 is 24.3 Å². The summed E-state index contributed by atoms with van der Waals surface area (Å²) in [6.07, 6.45) is 5.78. The number of anilines is 1. The summed E-state index contributed by atoms with van der Waals surface area (Å²) in [7, 11) is 0. The Labute approximate surface area is 191 Å². The number of halogens is 1. The lowest BCUT2D eigenvalue weighted by Crippen LogP contribution is -2.43. The molecule has 0 unspecified atom stereocenters. The van der Waals surface area contributed by atoms with Crippen molar-refractivity contribution in [3.05, 3.63) is 78.1 Å². The molecule has 0 N–H and O–H groups in total. The molecule has 0 saturated heterocycles. The highest BCUT2D eigenvalue weighted by molar-refractivity contribution is 7.22. The van der Waals surface area contributed by atoms with Crippen molar-refractivity contribution in [2.45, 2.75) is 13.0 Å². The highest BCUT2D eigenvalue weighted by atomic mass is 32.1. The second-order valence-corrected chi connectivity index (χ2v) is 8.56. The molecular formula is C23H18FN5O3S. The van der Waals surface area contributed by atoms with Gasteiger partial charge in [0, 0.05) is 25.5 Å². The van der Waals surface area contributed by atoms with Crippen molar-refractivity contribution in [3.8, 4) is 0 Å². The first-order chi connectivity index (χ1) is 16.0. The first-order valence-electron chi connectivity index (χ1n) is 10.3. The fourth-order valence-electron chi connectivity index (χ4n) is 3.76. The number of rotatable bonds is 7. The number of amides is 3. The number of imidazole rings is 1. The minimum Gasteiger partial charge on any atom is -0.337 e. The molecule has 2 aromatic carbocycles. The Morgan fingerprint density at radius 1 is 1.09 bits per heavy atom. The lowest BCUT2D eigenvalue weighted by molar-refractivity contribution is -0.119. The second-order valence-electron chi connectivity index (χ2n) is 7.55. The number of carbonyl (C=O) groups is 3. The predicted octanol–water partition coefficient (Wildman–Crippen LogP) is 3.35. The van der Waals surface area contributed by atoms with Gasteiger partial charge in [-0.1, -0.05) is 23.5 Å². The number of carbonyl (C=O) groups excluding carboxylic acids is 3. The molecule has 5 rings (SSSR count). The fraction of sp³-hybridized carbons (Fsp3) is 0.174. The first kappa shape index (κ1) is 21.0. The minimum atomic E-state index is -0.492. The van der Waals surface area contributed by atoms with Gasteiger partial charge in [0.05, 0.1) is 27.7 Å². The van der Waals surface area contributed by atoms with Crippen molar-refractivity contribution in [1.29, 1.82) is 0 Å². The van der Waals surface area contributed by atoms with E-state index in [9.17, 15) is 18.8 Å². The molecule has 0 atom stereocenters. The quantitative estimate of drug-likeness (QED) is 0.392. The van der Waals surface area contributed by atoms with E-state index in [1.165, 1.54) is 28.4 Å². The Hall–Kier alpha value is -3.92. The summed E-state index contributed by atoms with van der Waals surface area (Å²) in [5, 5.41) is 0.392. The van der Waals surface area contributed by atoms with E-state index >= 15 is 0 Å². The van der Waals surface area contributed by atoms with E-state index in [-0.39, 0.29) is 16.9 Å². The van der Waals surface area contributed by atoms with Gasteiger partial charge in [0.2, 0.25) is 5.91 Å². The van der Waals surface area contributed by atoms with Gasteiger partial charge in [0.25, 0.3) is 11.8 Å². The summed E-state index contributed by atoms with van der Waals surface area (Å²) in [4.78, 5) is 49.7. The van der Waals surface area contributed by atoms with Crippen LogP contribution in [0.5, 0.6) is 0 Å². The number of aromatic nitrogens is 3. The monoisotopic (exact) mass is 463 g/mol. The number of hydrogen-bond acceptors (Lipinski definition) is 6. The standard InChI is InChI=1S/C23H18FN5O3S/c24-15-6-7-18-19(12-15)33-23(26-18)28(10-3-9-27-11-8-25-14-27)20(30)13-29-21(31)16-4-1-2-5-17(16)22(29)32/h1-2,4-8,11-12,14H,3,9-10,13H2. The van der Waals surface area contributed by atoms with Gasteiger partial charge in [-0.3, -0.25) is 24.2 Å². The van der Waals surface area contributed by atoms with Crippen molar-refractivity contribution in [2.24, 2.45) is 0 Å². The van der Waals surface area contributed by atoms with Gasteiger partial charge in [-0.2, -0.15) is 0 Å². The Bertz CT molecular complexity index is 1330. The summed E-state index contributed by atoms with van der Waals surface area (Å²) in [5.41, 5.74) is 1.15. The molecule has 1 aliphatic heterocycles. The van der Waals surface area contributed by atoms with Gasteiger partial charge in [0.1, 0.15) is 12.4 Å². The summed E-state index contributed by atoms with van der Waals surface area (Å²) < 4.78 is 16.2. The van der Waals surface area contributed by atoms with Gasteiger partial charge >= 0.3 is 0 Å². The second kappa shape index (κ2) is 8.55. The van der Waals surface area contributed by atoms with Gasteiger partial charge < -0.3 is 4.57 Å².